The lowest BCUT2D eigenvalue weighted by atomic mass is 10.5. The molecule has 3 N–H and O–H groups in total. The molecule has 0 saturated carbocycles. The predicted octanol–water partition coefficient (Wildman–Crippen LogP) is -0.955. The van der Waals surface area contributed by atoms with Crippen molar-refractivity contribution in [3.05, 3.63) is 16.7 Å². The molecule has 0 spiro atoms. The molecule has 12 heavy (non-hydrogen) atoms. The van der Waals surface area contributed by atoms with Crippen molar-refractivity contribution in [2.24, 2.45) is 0 Å². The van der Waals surface area contributed by atoms with E-state index in [1.807, 2.05) is 0 Å². The Labute approximate surface area is 66.8 Å². The summed E-state index contributed by atoms with van der Waals surface area (Å²) in [5.41, 5.74) is 0.786. The first-order valence-electron chi connectivity index (χ1n) is 3.55. The molecule has 0 saturated heterocycles. The lowest BCUT2D eigenvalue weighted by molar-refractivity contribution is 0.277. The summed E-state index contributed by atoms with van der Waals surface area (Å²) < 4.78 is 1.60. The summed E-state index contributed by atoms with van der Waals surface area (Å²) in [7, 11) is 0. The Bertz CT molecular complexity index is 438. The zero-order valence-electron chi connectivity index (χ0n) is 6.24. The van der Waals surface area contributed by atoms with E-state index in [2.05, 4.69) is 15.2 Å². The van der Waals surface area contributed by atoms with E-state index in [1.54, 1.807) is 4.57 Å². The van der Waals surface area contributed by atoms with Gasteiger partial charge in [-0.15, -0.1) is 0 Å². The summed E-state index contributed by atoms with van der Waals surface area (Å²) in [6.45, 7) is 0.382. The monoisotopic (exact) mass is 168 g/mol. The first-order chi connectivity index (χ1) is 5.83. The number of nitrogens with one attached hydrogen (secondary N) is 2. The lowest BCUT2D eigenvalue weighted by Crippen LogP contribution is -2.08. The Morgan fingerprint density at radius 3 is 3.17 bits per heavy atom. The third kappa shape index (κ3) is 0.850. The average Bonchev–Trinajstić information content (AvgIpc) is 2.58. The van der Waals surface area contributed by atoms with Crippen LogP contribution in [0.1, 0.15) is 0 Å². The summed E-state index contributed by atoms with van der Waals surface area (Å²) in [5, 5.41) is 13.7. The molecule has 0 aromatic carbocycles. The van der Waals surface area contributed by atoms with Crippen LogP contribution < -0.4 is 5.56 Å². The average molecular weight is 168 g/mol. The smallest absolute Gasteiger partial charge is 0.290 e. The van der Waals surface area contributed by atoms with Gasteiger partial charge >= 0.3 is 0 Å². The molecule has 0 radical (unpaired) electrons. The number of aromatic nitrogens is 4. The highest BCUT2D eigenvalue weighted by Gasteiger charge is 2.06. The third-order valence-corrected chi connectivity index (χ3v) is 1.69. The molecule has 0 unspecified atom stereocenters. The molecule has 0 amide bonds. The summed E-state index contributed by atoms with van der Waals surface area (Å²) in [4.78, 5) is 15.0. The number of imidazole rings is 1. The van der Waals surface area contributed by atoms with E-state index in [1.165, 1.54) is 6.33 Å². The number of H-pyrrole nitrogens is 2. The van der Waals surface area contributed by atoms with Gasteiger partial charge < -0.3 is 9.67 Å². The second-order valence-corrected chi connectivity index (χ2v) is 2.44. The maximum Gasteiger partial charge on any atom is 0.290 e. The zero-order chi connectivity index (χ0) is 8.55. The number of aromatic amines is 2. The normalized spacial score (nSPS) is 11.1. The Balaban J connectivity index is 2.67. The van der Waals surface area contributed by atoms with E-state index in [4.69, 9.17) is 5.11 Å². The minimum atomic E-state index is -0.212. The van der Waals surface area contributed by atoms with Gasteiger partial charge in [0.1, 0.15) is 0 Å². The van der Waals surface area contributed by atoms with Crippen LogP contribution in [0.25, 0.3) is 11.2 Å². The third-order valence-electron chi connectivity index (χ3n) is 1.69. The molecule has 0 bridgehead atoms. The summed E-state index contributed by atoms with van der Waals surface area (Å²) in [6, 6.07) is 0. The second-order valence-electron chi connectivity index (χ2n) is 2.44. The molecule has 2 rings (SSSR count). The highest BCUT2D eigenvalue weighted by Crippen LogP contribution is 2.02. The van der Waals surface area contributed by atoms with Crippen LogP contribution in [-0.2, 0) is 6.54 Å². The highest BCUT2D eigenvalue weighted by molar-refractivity contribution is 5.69. The van der Waals surface area contributed by atoms with Gasteiger partial charge in [0.05, 0.1) is 12.9 Å². The van der Waals surface area contributed by atoms with Crippen molar-refractivity contribution < 1.29 is 5.11 Å². The zero-order valence-corrected chi connectivity index (χ0v) is 6.24. The molecule has 64 valence electrons. The molecule has 0 aliphatic rings. The number of rotatable bonds is 2. The second kappa shape index (κ2) is 2.49. The van der Waals surface area contributed by atoms with Gasteiger partial charge in [0.2, 0.25) is 0 Å². The van der Waals surface area contributed by atoms with Crippen molar-refractivity contribution in [2.45, 2.75) is 6.54 Å². The standard InChI is InChI=1S/C6H8N4O2/c11-2-1-10-3-7-5-4(10)6(12)9-8-5/h3,11H,1-2H2,(H2,8,9,12). The minimum absolute atomic E-state index is 0.00389. The fraction of sp³-hybridized carbons (Fsp3) is 0.333. The maximum atomic E-state index is 11.1. The van der Waals surface area contributed by atoms with Crippen LogP contribution in [0.5, 0.6) is 0 Å². The van der Waals surface area contributed by atoms with Crippen LogP contribution >= 0.6 is 0 Å². The predicted molar refractivity (Wildman–Crippen MR) is 41.8 cm³/mol. The van der Waals surface area contributed by atoms with Crippen LogP contribution in [0, 0.1) is 0 Å². The van der Waals surface area contributed by atoms with Crippen molar-refractivity contribution in [1.82, 2.24) is 19.7 Å². The molecule has 0 aliphatic carbocycles. The maximum absolute atomic E-state index is 11.1. The van der Waals surface area contributed by atoms with Gasteiger partial charge in [0.15, 0.2) is 11.2 Å². The van der Waals surface area contributed by atoms with E-state index in [0.29, 0.717) is 17.7 Å². The molecule has 2 aromatic rings. The molecular weight excluding hydrogens is 160 g/mol. The van der Waals surface area contributed by atoms with Crippen LogP contribution in [0.4, 0.5) is 0 Å². The number of aliphatic hydroxyl groups excluding tert-OH is 1. The topological polar surface area (TPSA) is 86.7 Å². The molecular formula is C6H8N4O2. The first kappa shape index (κ1) is 7.11. The van der Waals surface area contributed by atoms with Gasteiger partial charge in [-0.25, -0.2) is 4.98 Å². The Morgan fingerprint density at radius 1 is 1.58 bits per heavy atom. The fourth-order valence-corrected chi connectivity index (χ4v) is 1.16. The van der Waals surface area contributed by atoms with Gasteiger partial charge in [0.25, 0.3) is 5.56 Å². The lowest BCUT2D eigenvalue weighted by Gasteiger charge is -1.95. The Morgan fingerprint density at radius 2 is 2.42 bits per heavy atom. The molecule has 0 aliphatic heterocycles. The fourth-order valence-electron chi connectivity index (χ4n) is 1.16. The Kier molecular flexibility index (Phi) is 1.47. The quantitative estimate of drug-likeness (QED) is 0.540. The van der Waals surface area contributed by atoms with Crippen molar-refractivity contribution in [1.29, 1.82) is 0 Å². The van der Waals surface area contributed by atoms with Crippen LogP contribution in [0.15, 0.2) is 11.1 Å². The van der Waals surface area contributed by atoms with Gasteiger partial charge in [-0.3, -0.25) is 15.0 Å². The van der Waals surface area contributed by atoms with Crippen molar-refractivity contribution in [3.8, 4) is 0 Å². The summed E-state index contributed by atoms with van der Waals surface area (Å²) in [5.74, 6) is 0. The van der Waals surface area contributed by atoms with E-state index in [0.717, 1.165) is 0 Å². The SMILES string of the molecule is O=c1[nH][nH]c2ncn(CCO)c12. The van der Waals surface area contributed by atoms with Crippen LogP contribution in [0.3, 0.4) is 0 Å². The van der Waals surface area contributed by atoms with E-state index >= 15 is 0 Å². The number of hydrogen-bond acceptors (Lipinski definition) is 3. The van der Waals surface area contributed by atoms with Gasteiger partial charge in [-0.05, 0) is 0 Å². The first-order valence-corrected chi connectivity index (χ1v) is 3.55. The summed E-state index contributed by atoms with van der Waals surface area (Å²) >= 11 is 0. The number of aliphatic hydroxyl groups is 1. The van der Waals surface area contributed by atoms with Crippen molar-refractivity contribution >= 4 is 11.2 Å². The Hall–Kier alpha value is -1.56. The number of nitrogens with zero attached hydrogens (tertiary/aromatic N) is 2. The number of fused-ring (bicyclic) bond motifs is 1. The van der Waals surface area contributed by atoms with Gasteiger partial charge in [-0.1, -0.05) is 0 Å². The summed E-state index contributed by atoms with van der Waals surface area (Å²) in [6.07, 6.45) is 1.52. The van der Waals surface area contributed by atoms with Crippen LogP contribution in [0.2, 0.25) is 0 Å². The van der Waals surface area contributed by atoms with Crippen molar-refractivity contribution in [3.63, 3.8) is 0 Å². The van der Waals surface area contributed by atoms with E-state index in [-0.39, 0.29) is 12.2 Å². The van der Waals surface area contributed by atoms with Crippen LogP contribution in [-0.4, -0.2) is 31.5 Å². The molecule has 2 aromatic heterocycles. The van der Waals surface area contributed by atoms with Gasteiger partial charge in [0, 0.05) is 6.54 Å². The molecule has 0 atom stereocenters. The van der Waals surface area contributed by atoms with Gasteiger partial charge in [-0.2, -0.15) is 0 Å². The number of hydrogen-bond donors (Lipinski definition) is 3. The molecule has 6 heteroatoms. The highest BCUT2D eigenvalue weighted by atomic mass is 16.3. The molecule has 6 nitrogen and oxygen atoms in total. The largest absolute Gasteiger partial charge is 0.395 e. The molecule has 2 heterocycles. The van der Waals surface area contributed by atoms with E-state index in [9.17, 15) is 4.79 Å². The van der Waals surface area contributed by atoms with E-state index < -0.39 is 0 Å². The van der Waals surface area contributed by atoms with Crippen molar-refractivity contribution in [2.75, 3.05) is 6.61 Å². The minimum Gasteiger partial charge on any atom is -0.395 e. The molecule has 0 fully saturated rings.